The number of anilines is 2. The van der Waals surface area contributed by atoms with E-state index in [9.17, 15) is 24.3 Å². The van der Waals surface area contributed by atoms with Crippen molar-refractivity contribution >= 4 is 37.4 Å². The molecule has 0 saturated carbocycles. The van der Waals surface area contributed by atoms with Gasteiger partial charge in [0.2, 0.25) is 11.8 Å². The van der Waals surface area contributed by atoms with Crippen LogP contribution < -0.4 is 15.1 Å². The van der Waals surface area contributed by atoms with Gasteiger partial charge in [-0.2, -0.15) is 0 Å². The van der Waals surface area contributed by atoms with Crippen LogP contribution >= 0.6 is 0 Å². The van der Waals surface area contributed by atoms with E-state index >= 15 is 0 Å². The monoisotopic (exact) mass is 530 g/mol. The minimum absolute atomic E-state index is 0.0346. The van der Waals surface area contributed by atoms with E-state index in [4.69, 9.17) is 4.74 Å². The molecule has 11 heteroatoms. The number of nitrogens with zero attached hydrogens (tertiary/aromatic N) is 3. The fourth-order valence-corrected chi connectivity index (χ4v) is 9.62. The Bertz CT molecular complexity index is 1110. The number of carbonyl (C=O) groups is 3. The summed E-state index contributed by atoms with van der Waals surface area (Å²) in [6, 6.07) is 5.40. The highest BCUT2D eigenvalue weighted by Gasteiger charge is 2.66. The maximum Gasteiger partial charge on any atom is 0.264 e. The molecular weight excluding hydrogens is 492 g/mol. The van der Waals surface area contributed by atoms with Gasteiger partial charge in [0.15, 0.2) is 13.9 Å². The van der Waals surface area contributed by atoms with Crippen LogP contribution in [0.5, 0.6) is 0 Å². The number of rotatable bonds is 5. The highest BCUT2D eigenvalue weighted by atomic mass is 28.4. The quantitative estimate of drug-likeness (QED) is 0.481. The molecule has 5 rings (SSSR count). The summed E-state index contributed by atoms with van der Waals surface area (Å²) >= 11 is 0. The Labute approximate surface area is 218 Å². The zero-order valence-electron chi connectivity index (χ0n) is 22.1. The van der Waals surface area contributed by atoms with Crippen LogP contribution in [0.25, 0.3) is 0 Å². The topological polar surface area (TPSA) is 123 Å². The zero-order valence-corrected chi connectivity index (χ0v) is 23.1. The van der Waals surface area contributed by atoms with Crippen molar-refractivity contribution in [3.8, 4) is 0 Å². The van der Waals surface area contributed by atoms with Crippen LogP contribution in [0.2, 0.25) is 18.6 Å². The zero-order chi connectivity index (χ0) is 26.7. The maximum atomic E-state index is 13.9. The van der Waals surface area contributed by atoms with Crippen molar-refractivity contribution in [2.24, 2.45) is 5.92 Å². The van der Waals surface area contributed by atoms with Gasteiger partial charge in [-0.1, -0.05) is 6.92 Å². The van der Waals surface area contributed by atoms with E-state index in [0.29, 0.717) is 36.6 Å². The molecule has 0 bridgehead atoms. The number of hydrogen-bond donors (Lipinski definition) is 3. The van der Waals surface area contributed by atoms with Crippen molar-refractivity contribution in [3.63, 3.8) is 0 Å². The Morgan fingerprint density at radius 1 is 1.27 bits per heavy atom. The molecule has 0 aliphatic carbocycles. The number of likely N-dealkylation sites (tertiary alicyclic amines) is 1. The second-order valence-corrected chi connectivity index (χ2v) is 15.4. The number of likely N-dealkylation sites (N-methyl/N-ethyl adjacent to an activating group) is 1. The molecule has 3 saturated heterocycles. The molecule has 3 amide bonds. The lowest BCUT2D eigenvalue weighted by Gasteiger charge is -2.33. The van der Waals surface area contributed by atoms with E-state index in [1.165, 1.54) is 0 Å². The van der Waals surface area contributed by atoms with Crippen molar-refractivity contribution in [2.75, 3.05) is 49.6 Å². The summed E-state index contributed by atoms with van der Waals surface area (Å²) in [6.45, 7) is 7.59. The Kier molecular flexibility index (Phi) is 6.72. The van der Waals surface area contributed by atoms with E-state index in [0.717, 1.165) is 12.8 Å². The molecule has 5 atom stereocenters. The normalized spacial score (nSPS) is 32.1. The van der Waals surface area contributed by atoms with Gasteiger partial charge in [0.1, 0.15) is 0 Å². The Hall–Kier alpha value is -2.31. The summed E-state index contributed by atoms with van der Waals surface area (Å²) in [5.74, 6) is -0.749. The lowest BCUT2D eigenvalue weighted by atomic mass is 9.82. The van der Waals surface area contributed by atoms with Gasteiger partial charge in [0.05, 0.1) is 37.4 Å². The molecule has 3 N–H and O–H groups in total. The fraction of sp³-hybridized carbons (Fsp3) is 0.654. The summed E-state index contributed by atoms with van der Waals surface area (Å²) in [4.78, 5) is 56.3. The van der Waals surface area contributed by atoms with Crippen molar-refractivity contribution in [3.05, 3.63) is 23.8 Å². The molecule has 1 aromatic carbocycles. The number of hydrogen-bond acceptors (Lipinski definition) is 7. The fourth-order valence-electron chi connectivity index (χ4n) is 7.06. The molecule has 10 nitrogen and oxygen atoms in total. The van der Waals surface area contributed by atoms with Gasteiger partial charge in [0.25, 0.3) is 5.91 Å². The lowest BCUT2D eigenvalue weighted by Crippen LogP contribution is -2.48. The number of amides is 3. The number of aliphatic hydroxyl groups is 1. The number of fused-ring (bicyclic) bond motifs is 2. The minimum Gasteiger partial charge on any atom is -0.432 e. The summed E-state index contributed by atoms with van der Waals surface area (Å²) < 4.78 is 6.70. The predicted molar refractivity (Wildman–Crippen MR) is 141 cm³/mol. The molecule has 37 heavy (non-hydrogen) atoms. The number of ether oxygens (including phenoxy) is 1. The highest BCUT2D eigenvalue weighted by molar-refractivity contribution is 6.71. The van der Waals surface area contributed by atoms with E-state index < -0.39 is 20.0 Å². The number of benzene rings is 1. The van der Waals surface area contributed by atoms with Crippen molar-refractivity contribution < 1.29 is 29.0 Å². The SMILES string of the molecule is C[C@@H]1[C@@H]([Si](C)(C)O)[C@H](CC(=O)N2CCC[C@H]2CO)O[C@@]12C(=O)N(C)c1ccc(N3CCNCC3=O)cc12. The summed E-state index contributed by atoms with van der Waals surface area (Å²) in [6.07, 6.45) is 1.02. The Morgan fingerprint density at radius 3 is 2.70 bits per heavy atom. The third kappa shape index (κ3) is 4.11. The van der Waals surface area contributed by atoms with Gasteiger partial charge in [-0.25, -0.2) is 0 Å². The largest absolute Gasteiger partial charge is 0.432 e. The molecule has 0 unspecified atom stereocenters. The summed E-state index contributed by atoms with van der Waals surface area (Å²) in [5.41, 5.74) is 0.402. The number of aliphatic hydroxyl groups excluding tert-OH is 1. The van der Waals surface area contributed by atoms with Crippen molar-refractivity contribution in [1.82, 2.24) is 10.2 Å². The second-order valence-electron chi connectivity index (χ2n) is 11.4. The first-order valence-electron chi connectivity index (χ1n) is 13.2. The maximum absolute atomic E-state index is 13.9. The molecule has 202 valence electrons. The molecule has 4 heterocycles. The van der Waals surface area contributed by atoms with E-state index in [1.807, 2.05) is 38.2 Å². The molecular formula is C26H38N4O6Si. The van der Waals surface area contributed by atoms with Crippen LogP contribution in [-0.4, -0.2) is 92.8 Å². The molecule has 4 aliphatic heterocycles. The van der Waals surface area contributed by atoms with Crippen LogP contribution in [0, 0.1) is 5.92 Å². The highest BCUT2D eigenvalue weighted by Crippen LogP contribution is 2.59. The van der Waals surface area contributed by atoms with Crippen LogP contribution in [-0.2, 0) is 24.7 Å². The molecule has 1 aromatic rings. The number of carbonyl (C=O) groups excluding carboxylic acids is 3. The van der Waals surface area contributed by atoms with Crippen LogP contribution in [0.3, 0.4) is 0 Å². The van der Waals surface area contributed by atoms with E-state index in [-0.39, 0.29) is 54.8 Å². The first-order valence-corrected chi connectivity index (χ1v) is 16.3. The number of piperazine rings is 1. The Morgan fingerprint density at radius 2 is 2.03 bits per heavy atom. The first kappa shape index (κ1) is 26.3. The lowest BCUT2D eigenvalue weighted by molar-refractivity contribution is -0.149. The van der Waals surface area contributed by atoms with Gasteiger partial charge in [-0.15, -0.1) is 0 Å². The molecule has 0 aromatic heterocycles. The van der Waals surface area contributed by atoms with Crippen LogP contribution in [0.4, 0.5) is 11.4 Å². The predicted octanol–water partition coefficient (Wildman–Crippen LogP) is 0.770. The Balaban J connectivity index is 1.53. The molecule has 3 fully saturated rings. The van der Waals surface area contributed by atoms with Crippen molar-refractivity contribution in [1.29, 1.82) is 0 Å². The van der Waals surface area contributed by atoms with Crippen molar-refractivity contribution in [2.45, 2.75) is 62.6 Å². The molecule has 0 radical (unpaired) electrons. The first-order chi connectivity index (χ1) is 17.5. The van der Waals surface area contributed by atoms with Gasteiger partial charge >= 0.3 is 0 Å². The molecule has 4 aliphatic rings. The smallest absolute Gasteiger partial charge is 0.264 e. The number of nitrogens with one attached hydrogen (secondary N) is 1. The average molecular weight is 531 g/mol. The van der Waals surface area contributed by atoms with Gasteiger partial charge in [-0.3, -0.25) is 14.4 Å². The third-order valence-corrected chi connectivity index (χ3v) is 11.3. The standard InChI is InChI=1S/C26H38N4O6Si/c1-16-24(37(3,4)35)21(13-22(32)29-10-5-6-18(29)15-31)36-26(16)19-12-17(30-11-9-27-14-23(30)33)7-8-20(19)28(2)25(26)34/h7-8,12,16,18,21,24,27,31,35H,5-6,9-11,13-15H2,1-4H3/t16-,18+,21+,24-,26+/m1/s1. The van der Waals surface area contributed by atoms with E-state index in [1.54, 1.807) is 21.7 Å². The van der Waals surface area contributed by atoms with Crippen LogP contribution in [0.15, 0.2) is 18.2 Å². The average Bonchev–Trinajstić information content (AvgIpc) is 3.50. The van der Waals surface area contributed by atoms with Gasteiger partial charge in [0, 0.05) is 49.4 Å². The minimum atomic E-state index is -2.89. The second kappa shape index (κ2) is 9.46. The molecule has 1 spiro atoms. The van der Waals surface area contributed by atoms with E-state index in [2.05, 4.69) is 5.32 Å². The third-order valence-electron chi connectivity index (χ3n) is 8.78. The van der Waals surface area contributed by atoms with Gasteiger partial charge < -0.3 is 34.7 Å². The summed E-state index contributed by atoms with van der Waals surface area (Å²) in [7, 11) is -1.18. The van der Waals surface area contributed by atoms with Gasteiger partial charge in [-0.05, 0) is 44.1 Å². The van der Waals surface area contributed by atoms with Crippen LogP contribution in [0.1, 0.15) is 31.7 Å². The summed E-state index contributed by atoms with van der Waals surface area (Å²) in [5, 5.41) is 12.8.